The summed E-state index contributed by atoms with van der Waals surface area (Å²) in [6.07, 6.45) is 2.77. The van der Waals surface area contributed by atoms with Crippen LogP contribution < -0.4 is 10.6 Å². The van der Waals surface area contributed by atoms with Gasteiger partial charge in [0, 0.05) is 56.7 Å². The fourth-order valence-corrected chi connectivity index (χ4v) is 4.03. The molecule has 3 heterocycles. The molecule has 1 aliphatic rings. The van der Waals surface area contributed by atoms with Crippen molar-refractivity contribution in [1.29, 1.82) is 0 Å². The van der Waals surface area contributed by atoms with Crippen LogP contribution in [-0.2, 0) is 18.0 Å². The molecular weight excluding hydrogens is 459 g/mol. The predicted octanol–water partition coefficient (Wildman–Crippen LogP) is 4.76. The number of halogens is 3. The van der Waals surface area contributed by atoms with E-state index in [1.54, 1.807) is 15.8 Å². The number of likely N-dealkylation sites (tertiary alicyclic amines) is 1. The number of nitrogens with zero attached hydrogens (tertiary/aromatic N) is 5. The summed E-state index contributed by atoms with van der Waals surface area (Å²) in [5, 5.41) is 9.98. The second kappa shape index (κ2) is 10.3. The minimum Gasteiger partial charge on any atom is -0.369 e. The van der Waals surface area contributed by atoms with Gasteiger partial charge in [0.25, 0.3) is 0 Å². The Morgan fingerprint density at radius 3 is 2.66 bits per heavy atom. The molecule has 11 heteroatoms. The van der Waals surface area contributed by atoms with Gasteiger partial charge in [-0.15, -0.1) is 0 Å². The molecule has 2 aromatic heterocycles. The molecule has 3 aromatic rings. The Bertz CT molecular complexity index is 1190. The van der Waals surface area contributed by atoms with E-state index >= 15 is 0 Å². The summed E-state index contributed by atoms with van der Waals surface area (Å²) in [6.45, 7) is 3.36. The molecule has 0 unspecified atom stereocenters. The summed E-state index contributed by atoms with van der Waals surface area (Å²) >= 11 is 0. The number of rotatable bonds is 8. The maximum Gasteiger partial charge on any atom is 0.421 e. The molecule has 1 fully saturated rings. The summed E-state index contributed by atoms with van der Waals surface area (Å²) in [5.41, 5.74) is 2.58. The van der Waals surface area contributed by atoms with Crippen molar-refractivity contribution in [2.45, 2.75) is 38.8 Å². The van der Waals surface area contributed by atoms with Gasteiger partial charge in [0.2, 0.25) is 11.9 Å². The van der Waals surface area contributed by atoms with E-state index in [0.717, 1.165) is 35.7 Å². The monoisotopic (exact) mass is 487 g/mol. The van der Waals surface area contributed by atoms with Crippen molar-refractivity contribution >= 4 is 23.4 Å². The molecule has 1 aliphatic heterocycles. The Morgan fingerprint density at radius 2 is 1.97 bits per heavy atom. The number of nitrogens with one attached hydrogen (secondary N) is 2. The second-order valence-corrected chi connectivity index (χ2v) is 8.63. The van der Waals surface area contributed by atoms with Gasteiger partial charge in [0.1, 0.15) is 11.4 Å². The zero-order chi connectivity index (χ0) is 25.0. The van der Waals surface area contributed by atoms with Gasteiger partial charge in [-0.25, -0.2) is 4.98 Å². The molecule has 186 valence electrons. The number of carbonyl (C=O) groups excluding carboxylic acids is 1. The molecule has 4 rings (SSSR count). The van der Waals surface area contributed by atoms with Crippen molar-refractivity contribution in [3.63, 3.8) is 0 Å². The number of anilines is 3. The zero-order valence-corrected chi connectivity index (χ0v) is 19.7. The number of hydrogen-bond acceptors (Lipinski definition) is 6. The summed E-state index contributed by atoms with van der Waals surface area (Å²) in [5.74, 6) is -0.126. The Morgan fingerprint density at radius 1 is 1.14 bits per heavy atom. The third-order valence-electron chi connectivity index (χ3n) is 5.92. The highest BCUT2D eigenvalue weighted by Gasteiger charge is 2.35. The van der Waals surface area contributed by atoms with Gasteiger partial charge in [0.05, 0.1) is 6.20 Å². The molecule has 0 saturated carbocycles. The normalized spacial score (nSPS) is 14.3. The van der Waals surface area contributed by atoms with E-state index < -0.39 is 11.7 Å². The highest BCUT2D eigenvalue weighted by Crippen LogP contribution is 2.34. The van der Waals surface area contributed by atoms with Crippen LogP contribution in [-0.4, -0.2) is 50.2 Å². The van der Waals surface area contributed by atoms with Crippen molar-refractivity contribution in [1.82, 2.24) is 24.6 Å². The summed E-state index contributed by atoms with van der Waals surface area (Å²) < 4.78 is 42.3. The Labute approximate surface area is 201 Å². The third-order valence-corrected chi connectivity index (χ3v) is 5.92. The highest BCUT2D eigenvalue weighted by atomic mass is 19.4. The van der Waals surface area contributed by atoms with Gasteiger partial charge in [-0.05, 0) is 49.4 Å². The predicted molar refractivity (Wildman–Crippen MR) is 127 cm³/mol. The molecule has 8 nitrogen and oxygen atoms in total. The Balaban J connectivity index is 1.45. The van der Waals surface area contributed by atoms with Gasteiger partial charge >= 0.3 is 6.18 Å². The fourth-order valence-electron chi connectivity index (χ4n) is 4.03. The van der Waals surface area contributed by atoms with Crippen molar-refractivity contribution in [3.8, 4) is 11.1 Å². The van der Waals surface area contributed by atoms with E-state index in [9.17, 15) is 18.0 Å². The number of piperidine rings is 1. The maximum absolute atomic E-state index is 13.5. The lowest BCUT2D eigenvalue weighted by Crippen LogP contribution is -2.36. The van der Waals surface area contributed by atoms with Crippen molar-refractivity contribution < 1.29 is 18.0 Å². The standard InChI is InChI=1S/C24H28F3N7O/c1-16-12-17(18-13-30-33(2)15-18)7-8-20(16)31-23-29-14-19(24(25,26)27)22(32-23)28-9-5-11-34-10-4-3-6-21(34)35/h7-8,12-15H,3-6,9-11H2,1-2H3,(H2,28,29,31,32). The Hall–Kier alpha value is -3.63. The topological polar surface area (TPSA) is 88.0 Å². The molecule has 0 bridgehead atoms. The lowest BCUT2D eigenvalue weighted by molar-refractivity contribution is -0.137. The quantitative estimate of drug-likeness (QED) is 0.446. The average Bonchev–Trinajstić information content (AvgIpc) is 3.25. The van der Waals surface area contributed by atoms with Crippen LogP contribution in [0, 0.1) is 6.92 Å². The number of aromatic nitrogens is 4. The first kappa shape index (κ1) is 24.5. The number of aryl methyl sites for hydroxylation is 2. The lowest BCUT2D eigenvalue weighted by Gasteiger charge is -2.26. The summed E-state index contributed by atoms with van der Waals surface area (Å²) in [7, 11) is 1.84. The van der Waals surface area contributed by atoms with Gasteiger partial charge in [-0.1, -0.05) is 6.07 Å². The van der Waals surface area contributed by atoms with Gasteiger partial charge in [-0.3, -0.25) is 9.48 Å². The van der Waals surface area contributed by atoms with E-state index in [2.05, 4.69) is 25.7 Å². The number of hydrogen-bond donors (Lipinski definition) is 2. The fraction of sp³-hybridized carbons (Fsp3) is 0.417. The molecule has 0 atom stereocenters. The summed E-state index contributed by atoms with van der Waals surface area (Å²) in [4.78, 5) is 21.7. The van der Waals surface area contributed by atoms with Crippen LogP contribution in [0.1, 0.15) is 36.8 Å². The molecule has 2 N–H and O–H groups in total. The summed E-state index contributed by atoms with van der Waals surface area (Å²) in [6, 6.07) is 5.70. The molecular formula is C24H28F3N7O. The molecule has 0 aliphatic carbocycles. The van der Waals surface area contributed by atoms with E-state index in [1.165, 1.54) is 0 Å². The number of carbonyl (C=O) groups is 1. The first-order chi connectivity index (χ1) is 16.7. The van der Waals surface area contributed by atoms with E-state index in [0.29, 0.717) is 31.6 Å². The lowest BCUT2D eigenvalue weighted by atomic mass is 10.1. The van der Waals surface area contributed by atoms with Crippen LogP contribution in [0.3, 0.4) is 0 Å². The molecule has 1 amide bonds. The zero-order valence-electron chi connectivity index (χ0n) is 19.7. The number of alkyl halides is 3. The minimum atomic E-state index is -4.59. The maximum atomic E-state index is 13.5. The van der Waals surface area contributed by atoms with Crippen LogP contribution in [0.25, 0.3) is 11.1 Å². The largest absolute Gasteiger partial charge is 0.421 e. The van der Waals surface area contributed by atoms with E-state index in [4.69, 9.17) is 0 Å². The second-order valence-electron chi connectivity index (χ2n) is 8.63. The van der Waals surface area contributed by atoms with E-state index in [1.807, 2.05) is 38.4 Å². The van der Waals surface area contributed by atoms with Gasteiger partial charge in [0.15, 0.2) is 0 Å². The van der Waals surface area contributed by atoms with Crippen LogP contribution in [0.15, 0.2) is 36.8 Å². The smallest absolute Gasteiger partial charge is 0.369 e. The van der Waals surface area contributed by atoms with E-state index in [-0.39, 0.29) is 24.2 Å². The molecule has 0 radical (unpaired) electrons. The first-order valence-electron chi connectivity index (χ1n) is 11.5. The van der Waals surface area contributed by atoms with Crippen molar-refractivity contribution in [2.75, 3.05) is 30.3 Å². The van der Waals surface area contributed by atoms with Gasteiger partial charge < -0.3 is 15.5 Å². The first-order valence-corrected chi connectivity index (χ1v) is 11.5. The SMILES string of the molecule is Cc1cc(-c2cnn(C)c2)ccc1Nc1ncc(C(F)(F)F)c(NCCCN2CCCCC2=O)n1. The number of benzene rings is 1. The van der Waals surface area contributed by atoms with Crippen molar-refractivity contribution in [3.05, 3.63) is 47.9 Å². The van der Waals surface area contributed by atoms with Crippen LogP contribution >= 0.6 is 0 Å². The molecule has 1 aromatic carbocycles. The van der Waals surface area contributed by atoms with Crippen LogP contribution in [0.4, 0.5) is 30.6 Å². The van der Waals surface area contributed by atoms with Crippen molar-refractivity contribution in [2.24, 2.45) is 7.05 Å². The molecule has 35 heavy (non-hydrogen) atoms. The molecule has 0 spiro atoms. The highest BCUT2D eigenvalue weighted by molar-refractivity contribution is 5.76. The Kier molecular flexibility index (Phi) is 7.23. The van der Waals surface area contributed by atoms with Crippen LogP contribution in [0.2, 0.25) is 0 Å². The third kappa shape index (κ3) is 6.09. The van der Waals surface area contributed by atoms with Gasteiger partial charge in [-0.2, -0.15) is 23.3 Å². The average molecular weight is 488 g/mol. The minimum absolute atomic E-state index is 0.0592. The number of amides is 1. The molecule has 1 saturated heterocycles. The van der Waals surface area contributed by atoms with Crippen LogP contribution in [0.5, 0.6) is 0 Å².